The molecule has 1 heterocycles. The first-order chi connectivity index (χ1) is 14.6. The second kappa shape index (κ2) is 11.6. The number of nitrogens with one attached hydrogen (secondary N) is 2. The van der Waals surface area contributed by atoms with Gasteiger partial charge >= 0.3 is 0 Å². The van der Waals surface area contributed by atoms with E-state index in [1.54, 1.807) is 7.05 Å². The summed E-state index contributed by atoms with van der Waals surface area (Å²) in [6.07, 6.45) is 0.0277. The molecule has 0 amide bonds. The van der Waals surface area contributed by atoms with Crippen molar-refractivity contribution in [1.29, 1.82) is 0 Å². The molecule has 30 heavy (non-hydrogen) atoms. The molecule has 0 aliphatic carbocycles. The van der Waals surface area contributed by atoms with Crippen LogP contribution in [-0.2, 0) is 17.8 Å². The molecular formula is C24H34N4O2. The third-order valence-corrected chi connectivity index (χ3v) is 5.20. The Balaban J connectivity index is 1.47. The van der Waals surface area contributed by atoms with E-state index in [-0.39, 0.29) is 6.10 Å². The van der Waals surface area contributed by atoms with Gasteiger partial charge in [0.25, 0.3) is 0 Å². The van der Waals surface area contributed by atoms with Crippen molar-refractivity contribution in [3.63, 3.8) is 0 Å². The Hall–Kier alpha value is -2.57. The van der Waals surface area contributed by atoms with Crippen LogP contribution >= 0.6 is 0 Å². The van der Waals surface area contributed by atoms with Crippen molar-refractivity contribution < 1.29 is 9.47 Å². The van der Waals surface area contributed by atoms with Crippen molar-refractivity contribution in [3.05, 3.63) is 65.2 Å². The lowest BCUT2D eigenvalue weighted by atomic mass is 10.1. The minimum absolute atomic E-state index is 0.0277. The molecule has 0 aromatic heterocycles. The van der Waals surface area contributed by atoms with Gasteiger partial charge in [-0.05, 0) is 37.1 Å². The molecule has 6 heteroatoms. The van der Waals surface area contributed by atoms with Gasteiger partial charge < -0.3 is 20.1 Å². The molecule has 0 spiro atoms. The van der Waals surface area contributed by atoms with E-state index < -0.39 is 0 Å². The van der Waals surface area contributed by atoms with Crippen molar-refractivity contribution in [3.8, 4) is 5.75 Å². The Morgan fingerprint density at radius 1 is 1.07 bits per heavy atom. The molecule has 1 unspecified atom stereocenters. The number of benzene rings is 2. The molecule has 1 fully saturated rings. The Kier molecular flexibility index (Phi) is 8.53. The summed E-state index contributed by atoms with van der Waals surface area (Å²) in [5, 5.41) is 6.79. The highest BCUT2D eigenvalue weighted by Crippen LogP contribution is 2.14. The van der Waals surface area contributed by atoms with Gasteiger partial charge in [0.1, 0.15) is 11.9 Å². The topological polar surface area (TPSA) is 58.1 Å². The number of hydrogen-bond donors (Lipinski definition) is 2. The van der Waals surface area contributed by atoms with Gasteiger partial charge in [0.15, 0.2) is 5.96 Å². The van der Waals surface area contributed by atoms with Gasteiger partial charge in [-0.25, -0.2) is 0 Å². The van der Waals surface area contributed by atoms with Crippen LogP contribution in [0.25, 0.3) is 0 Å². The van der Waals surface area contributed by atoms with Crippen LogP contribution in [0.3, 0.4) is 0 Å². The Morgan fingerprint density at radius 2 is 1.77 bits per heavy atom. The van der Waals surface area contributed by atoms with Crippen LogP contribution in [-0.4, -0.2) is 56.9 Å². The van der Waals surface area contributed by atoms with Crippen molar-refractivity contribution in [2.75, 3.05) is 39.9 Å². The molecule has 1 aliphatic heterocycles. The average molecular weight is 411 g/mol. The predicted octanol–water partition coefficient (Wildman–Crippen LogP) is 2.96. The van der Waals surface area contributed by atoms with Crippen LogP contribution in [0.2, 0.25) is 0 Å². The quantitative estimate of drug-likeness (QED) is 0.518. The Bertz CT molecular complexity index is 801. The summed E-state index contributed by atoms with van der Waals surface area (Å²) in [6, 6.07) is 16.7. The van der Waals surface area contributed by atoms with Gasteiger partial charge in [-0.3, -0.25) is 9.89 Å². The molecule has 2 aromatic carbocycles. The van der Waals surface area contributed by atoms with Crippen LogP contribution in [0.5, 0.6) is 5.75 Å². The van der Waals surface area contributed by atoms with Crippen LogP contribution in [0, 0.1) is 6.92 Å². The van der Waals surface area contributed by atoms with E-state index in [1.165, 1.54) is 16.7 Å². The third-order valence-electron chi connectivity index (χ3n) is 5.20. The van der Waals surface area contributed by atoms with Crippen LogP contribution < -0.4 is 15.4 Å². The maximum Gasteiger partial charge on any atom is 0.191 e. The van der Waals surface area contributed by atoms with Gasteiger partial charge in [-0.15, -0.1) is 0 Å². The van der Waals surface area contributed by atoms with E-state index in [4.69, 9.17) is 9.47 Å². The largest absolute Gasteiger partial charge is 0.489 e. The number of rotatable bonds is 8. The van der Waals surface area contributed by atoms with E-state index >= 15 is 0 Å². The van der Waals surface area contributed by atoms with Crippen LogP contribution in [0.4, 0.5) is 0 Å². The van der Waals surface area contributed by atoms with Crippen molar-refractivity contribution >= 4 is 5.96 Å². The SMILES string of the molecule is CN=C(NCc1ccccc1CN1CCOCC1)NCC(C)Oc1ccc(C)cc1. The van der Waals surface area contributed by atoms with Gasteiger partial charge in [0, 0.05) is 33.2 Å². The van der Waals surface area contributed by atoms with Crippen LogP contribution in [0.15, 0.2) is 53.5 Å². The number of aliphatic imine (C=N–C) groups is 1. The fraction of sp³-hybridized carbons (Fsp3) is 0.458. The van der Waals surface area contributed by atoms with Crippen molar-refractivity contribution in [2.45, 2.75) is 33.0 Å². The standard InChI is InChI=1S/C24H34N4O2/c1-19-8-10-23(11-9-19)30-20(2)16-26-24(25-3)27-17-21-6-4-5-7-22(21)18-28-12-14-29-15-13-28/h4-11,20H,12-18H2,1-3H3,(H2,25,26,27). The molecule has 2 aromatic rings. The van der Waals surface area contributed by atoms with E-state index in [2.05, 4.69) is 70.8 Å². The van der Waals surface area contributed by atoms with E-state index in [9.17, 15) is 0 Å². The summed E-state index contributed by atoms with van der Waals surface area (Å²) in [7, 11) is 1.79. The molecule has 162 valence electrons. The predicted molar refractivity (Wildman–Crippen MR) is 122 cm³/mol. The fourth-order valence-corrected chi connectivity index (χ4v) is 3.42. The minimum Gasteiger partial charge on any atom is -0.489 e. The zero-order chi connectivity index (χ0) is 21.2. The lowest BCUT2D eigenvalue weighted by Crippen LogP contribution is -2.41. The first-order valence-corrected chi connectivity index (χ1v) is 10.7. The number of ether oxygens (including phenoxy) is 2. The summed E-state index contributed by atoms with van der Waals surface area (Å²) in [5.41, 5.74) is 3.86. The third kappa shape index (κ3) is 7.04. The first-order valence-electron chi connectivity index (χ1n) is 10.7. The summed E-state index contributed by atoms with van der Waals surface area (Å²) in [4.78, 5) is 6.79. The van der Waals surface area contributed by atoms with E-state index in [0.717, 1.165) is 51.1 Å². The van der Waals surface area contributed by atoms with Crippen LogP contribution in [0.1, 0.15) is 23.6 Å². The zero-order valence-electron chi connectivity index (χ0n) is 18.4. The number of hydrogen-bond acceptors (Lipinski definition) is 4. The lowest BCUT2D eigenvalue weighted by Gasteiger charge is -2.27. The summed E-state index contributed by atoms with van der Waals surface area (Å²) in [5.74, 6) is 1.66. The van der Waals surface area contributed by atoms with Gasteiger partial charge in [-0.1, -0.05) is 42.0 Å². The van der Waals surface area contributed by atoms with Gasteiger partial charge in [-0.2, -0.15) is 0 Å². The lowest BCUT2D eigenvalue weighted by molar-refractivity contribution is 0.0341. The zero-order valence-corrected chi connectivity index (χ0v) is 18.4. The number of aryl methyl sites for hydroxylation is 1. The highest BCUT2D eigenvalue weighted by atomic mass is 16.5. The maximum absolute atomic E-state index is 5.97. The Labute approximate surface area is 180 Å². The molecule has 3 rings (SSSR count). The second-order valence-corrected chi connectivity index (χ2v) is 7.71. The second-order valence-electron chi connectivity index (χ2n) is 7.71. The van der Waals surface area contributed by atoms with E-state index in [0.29, 0.717) is 6.54 Å². The molecule has 1 atom stereocenters. The van der Waals surface area contributed by atoms with Gasteiger partial charge in [0.05, 0.1) is 19.8 Å². The minimum atomic E-state index is 0.0277. The molecule has 1 aliphatic rings. The number of nitrogens with zero attached hydrogens (tertiary/aromatic N) is 2. The summed E-state index contributed by atoms with van der Waals surface area (Å²) in [6.45, 7) is 10.1. The number of morpholine rings is 1. The first kappa shape index (κ1) is 22.1. The smallest absolute Gasteiger partial charge is 0.191 e. The highest BCUT2D eigenvalue weighted by molar-refractivity contribution is 5.79. The molecule has 0 bridgehead atoms. The monoisotopic (exact) mass is 410 g/mol. The van der Waals surface area contributed by atoms with Crippen molar-refractivity contribution in [1.82, 2.24) is 15.5 Å². The molecule has 0 radical (unpaired) electrons. The molecule has 2 N–H and O–H groups in total. The molecule has 0 saturated carbocycles. The fourth-order valence-electron chi connectivity index (χ4n) is 3.42. The number of guanidine groups is 1. The summed E-state index contributed by atoms with van der Waals surface area (Å²) < 4.78 is 11.4. The molecule has 6 nitrogen and oxygen atoms in total. The van der Waals surface area contributed by atoms with Gasteiger partial charge in [0.2, 0.25) is 0 Å². The highest BCUT2D eigenvalue weighted by Gasteiger charge is 2.13. The molecule has 1 saturated heterocycles. The average Bonchev–Trinajstić information content (AvgIpc) is 2.77. The normalized spacial score (nSPS) is 16.2. The summed E-state index contributed by atoms with van der Waals surface area (Å²) >= 11 is 0. The van der Waals surface area contributed by atoms with Crippen molar-refractivity contribution in [2.24, 2.45) is 4.99 Å². The Morgan fingerprint density at radius 3 is 2.47 bits per heavy atom. The maximum atomic E-state index is 5.97. The van der Waals surface area contributed by atoms with E-state index in [1.807, 2.05) is 12.1 Å². The molecular weight excluding hydrogens is 376 g/mol.